The summed E-state index contributed by atoms with van der Waals surface area (Å²) in [6.07, 6.45) is 6.04. The molecule has 2 N–H and O–H groups in total. The Morgan fingerprint density at radius 2 is 1.92 bits per heavy atom. The molecule has 6 rings (SSSR count). The number of nitrogens with zero attached hydrogens (tertiary/aromatic N) is 6. The van der Waals surface area contributed by atoms with Crippen molar-refractivity contribution in [1.29, 1.82) is 0 Å². The summed E-state index contributed by atoms with van der Waals surface area (Å²) in [5.41, 5.74) is 1.83. The van der Waals surface area contributed by atoms with Gasteiger partial charge in [-0.15, -0.1) is 0 Å². The Balaban J connectivity index is 1.13. The van der Waals surface area contributed by atoms with Crippen LogP contribution in [-0.4, -0.2) is 74.6 Å². The minimum Gasteiger partial charge on any atom is -0.352 e. The van der Waals surface area contributed by atoms with Gasteiger partial charge in [-0.25, -0.2) is 13.8 Å². The molecule has 1 amide bonds. The molecule has 206 valence electrons. The molecule has 2 bridgehead atoms. The molecule has 39 heavy (non-hydrogen) atoms. The third kappa shape index (κ3) is 5.05. The van der Waals surface area contributed by atoms with Crippen molar-refractivity contribution in [3.05, 3.63) is 54.0 Å². The van der Waals surface area contributed by atoms with Crippen molar-refractivity contribution >= 4 is 33.5 Å². The van der Waals surface area contributed by atoms with Crippen molar-refractivity contribution < 1.29 is 26.5 Å². The van der Waals surface area contributed by atoms with Crippen LogP contribution in [0.25, 0.3) is 0 Å². The van der Waals surface area contributed by atoms with Gasteiger partial charge in [0.1, 0.15) is 11.7 Å². The number of fused-ring (bicyclic) bond motifs is 2. The van der Waals surface area contributed by atoms with Crippen molar-refractivity contribution in [3.63, 3.8) is 0 Å². The van der Waals surface area contributed by atoms with E-state index in [-0.39, 0.29) is 29.9 Å². The number of aryl methyl sites for hydroxylation is 1. The van der Waals surface area contributed by atoms with Crippen LogP contribution in [0.4, 0.5) is 26.2 Å². The molecule has 3 aliphatic rings. The summed E-state index contributed by atoms with van der Waals surface area (Å²) in [6, 6.07) is 6.20. The van der Waals surface area contributed by atoms with E-state index < -0.39 is 27.9 Å². The highest BCUT2D eigenvalue weighted by atomic mass is 32.2. The molecule has 11 nitrogen and oxygen atoms in total. The van der Waals surface area contributed by atoms with Gasteiger partial charge in [0.2, 0.25) is 11.9 Å². The quantitative estimate of drug-likeness (QED) is 0.419. The minimum atomic E-state index is -4.38. The molecule has 3 fully saturated rings. The van der Waals surface area contributed by atoms with Crippen LogP contribution < -0.4 is 10.2 Å². The predicted molar refractivity (Wildman–Crippen MR) is 137 cm³/mol. The van der Waals surface area contributed by atoms with E-state index in [0.717, 1.165) is 18.4 Å². The van der Waals surface area contributed by atoms with E-state index in [9.17, 15) is 26.5 Å². The standard InChI is InChI=1S/C25H27F2N7O4S/c1-15-2-5-21(39(36,37)38)16(8-15)11-33-12-17(10-29-33)30-24-28-7-6-22(31-24)32-13-18-3-4-19(14-32)34(18)23(35)20-9-25(20,26)27/h2,5-8,10,12,18-20H,3-4,9,11,13-14H2,1H3,(H,28,30,31)(H,36,37,38)/t18-,19+,20-/m0/s1. The summed E-state index contributed by atoms with van der Waals surface area (Å²) in [5.74, 6) is -3.48. The smallest absolute Gasteiger partial charge is 0.294 e. The number of anilines is 3. The Morgan fingerprint density at radius 1 is 1.21 bits per heavy atom. The molecule has 2 aliphatic heterocycles. The molecule has 4 heterocycles. The fourth-order valence-electron chi connectivity index (χ4n) is 5.60. The van der Waals surface area contributed by atoms with Crippen LogP contribution in [0, 0.1) is 12.8 Å². The molecular formula is C25H27F2N7O4S. The Kier molecular flexibility index (Phi) is 6.06. The lowest BCUT2D eigenvalue weighted by atomic mass is 10.1. The number of rotatable bonds is 7. The molecule has 0 spiro atoms. The maximum absolute atomic E-state index is 13.5. The molecule has 1 saturated carbocycles. The minimum absolute atomic E-state index is 0.119. The Hall–Kier alpha value is -3.65. The summed E-state index contributed by atoms with van der Waals surface area (Å²) in [5, 5.41) is 7.37. The first-order chi connectivity index (χ1) is 18.5. The lowest BCUT2D eigenvalue weighted by Crippen LogP contribution is -2.56. The molecule has 14 heteroatoms. The highest BCUT2D eigenvalue weighted by molar-refractivity contribution is 7.85. The second-order valence-corrected chi connectivity index (χ2v) is 11.8. The molecule has 3 atom stereocenters. The number of nitrogens with one attached hydrogen (secondary N) is 1. The Labute approximate surface area is 223 Å². The van der Waals surface area contributed by atoms with Gasteiger partial charge in [0.25, 0.3) is 16.0 Å². The second-order valence-electron chi connectivity index (χ2n) is 10.4. The summed E-state index contributed by atoms with van der Waals surface area (Å²) < 4.78 is 61.6. The zero-order valence-corrected chi connectivity index (χ0v) is 21.9. The van der Waals surface area contributed by atoms with E-state index in [1.165, 1.54) is 10.7 Å². The molecule has 1 aliphatic carbocycles. The van der Waals surface area contributed by atoms with Crippen LogP contribution in [0.1, 0.15) is 30.4 Å². The number of halogens is 2. The van der Waals surface area contributed by atoms with Crippen LogP contribution >= 0.6 is 0 Å². The van der Waals surface area contributed by atoms with E-state index >= 15 is 0 Å². The second kappa shape index (κ2) is 9.23. The SMILES string of the molecule is Cc1ccc(S(=O)(=O)O)c(Cn2cc(Nc3nccc(N4C[C@H]5CC[C@@H](C4)N5C(=O)[C@@H]4CC4(F)F)n3)cn2)c1. The average molecular weight is 560 g/mol. The summed E-state index contributed by atoms with van der Waals surface area (Å²) in [6.45, 7) is 2.98. The highest BCUT2D eigenvalue weighted by Crippen LogP contribution is 2.51. The fraction of sp³-hybridized carbons (Fsp3) is 0.440. The number of piperazine rings is 1. The van der Waals surface area contributed by atoms with Gasteiger partial charge >= 0.3 is 0 Å². The molecule has 0 unspecified atom stereocenters. The van der Waals surface area contributed by atoms with E-state index in [0.29, 0.717) is 36.1 Å². The van der Waals surface area contributed by atoms with Crippen molar-refractivity contribution in [2.75, 3.05) is 23.3 Å². The first kappa shape index (κ1) is 25.6. The molecule has 1 aromatic carbocycles. The summed E-state index contributed by atoms with van der Waals surface area (Å²) in [7, 11) is -4.38. The number of hydrogen-bond acceptors (Lipinski definition) is 8. The number of hydrogen-bond donors (Lipinski definition) is 2. The number of alkyl halides is 2. The zero-order valence-electron chi connectivity index (χ0n) is 21.0. The van der Waals surface area contributed by atoms with Crippen molar-refractivity contribution in [1.82, 2.24) is 24.6 Å². The van der Waals surface area contributed by atoms with Gasteiger partial charge in [0.15, 0.2) is 0 Å². The first-order valence-electron chi connectivity index (χ1n) is 12.6. The van der Waals surface area contributed by atoms with Crippen LogP contribution in [-0.2, 0) is 21.5 Å². The Morgan fingerprint density at radius 3 is 2.59 bits per heavy atom. The zero-order chi connectivity index (χ0) is 27.5. The van der Waals surface area contributed by atoms with Gasteiger partial charge in [-0.1, -0.05) is 17.7 Å². The molecular weight excluding hydrogens is 532 g/mol. The number of carbonyl (C=O) groups is 1. The van der Waals surface area contributed by atoms with Crippen molar-refractivity contribution in [3.8, 4) is 0 Å². The third-order valence-corrected chi connectivity index (χ3v) is 8.50. The third-order valence-electron chi connectivity index (χ3n) is 7.54. The van der Waals surface area contributed by atoms with Crippen LogP contribution in [0.15, 0.2) is 47.8 Å². The fourth-order valence-corrected chi connectivity index (χ4v) is 6.29. The van der Waals surface area contributed by atoms with Crippen molar-refractivity contribution in [2.24, 2.45) is 5.92 Å². The normalized spacial score (nSPS) is 23.6. The van der Waals surface area contributed by atoms with Crippen LogP contribution in [0.2, 0.25) is 0 Å². The van der Waals surface area contributed by atoms with E-state index in [1.54, 1.807) is 41.7 Å². The van der Waals surface area contributed by atoms with Gasteiger partial charge < -0.3 is 15.1 Å². The first-order valence-corrected chi connectivity index (χ1v) is 14.1. The molecule has 3 aromatic rings. The summed E-state index contributed by atoms with van der Waals surface area (Å²) >= 11 is 0. The van der Waals surface area contributed by atoms with Gasteiger partial charge in [0, 0.05) is 44.0 Å². The highest BCUT2D eigenvalue weighted by Gasteiger charge is 2.64. The van der Waals surface area contributed by atoms with E-state index in [4.69, 9.17) is 0 Å². The lowest BCUT2D eigenvalue weighted by Gasteiger charge is -2.41. The van der Waals surface area contributed by atoms with Gasteiger partial charge in [0.05, 0.1) is 23.3 Å². The van der Waals surface area contributed by atoms with Gasteiger partial charge in [-0.05, 0) is 37.5 Å². The molecule has 2 saturated heterocycles. The van der Waals surface area contributed by atoms with Gasteiger partial charge in [-0.2, -0.15) is 18.5 Å². The predicted octanol–water partition coefficient (Wildman–Crippen LogP) is 2.85. The maximum Gasteiger partial charge on any atom is 0.294 e. The topological polar surface area (TPSA) is 134 Å². The largest absolute Gasteiger partial charge is 0.352 e. The lowest BCUT2D eigenvalue weighted by molar-refractivity contribution is -0.138. The van der Waals surface area contributed by atoms with Crippen LogP contribution in [0.3, 0.4) is 0 Å². The van der Waals surface area contributed by atoms with Crippen molar-refractivity contribution in [2.45, 2.75) is 55.6 Å². The maximum atomic E-state index is 13.5. The number of benzene rings is 1. The molecule has 0 radical (unpaired) electrons. The number of aromatic nitrogens is 4. The Bertz CT molecular complexity index is 1530. The monoisotopic (exact) mass is 559 g/mol. The van der Waals surface area contributed by atoms with Crippen LogP contribution in [0.5, 0.6) is 0 Å². The number of amides is 1. The average Bonchev–Trinajstić information content (AvgIpc) is 3.15. The number of carbonyl (C=O) groups excluding carboxylic acids is 1. The molecule has 2 aromatic heterocycles. The van der Waals surface area contributed by atoms with Gasteiger partial charge in [-0.3, -0.25) is 14.0 Å². The van der Waals surface area contributed by atoms with E-state index in [1.807, 2.05) is 6.92 Å². The summed E-state index contributed by atoms with van der Waals surface area (Å²) in [4.78, 5) is 25.1. The van der Waals surface area contributed by atoms with E-state index in [2.05, 4.69) is 25.3 Å².